The lowest BCUT2D eigenvalue weighted by atomic mass is 9.99. The van der Waals surface area contributed by atoms with Crippen molar-refractivity contribution in [1.82, 2.24) is 15.5 Å². The zero-order valence-corrected chi connectivity index (χ0v) is 27.9. The van der Waals surface area contributed by atoms with Crippen LogP contribution in [0.25, 0.3) is 0 Å². The van der Waals surface area contributed by atoms with Gasteiger partial charge in [0, 0.05) is 5.70 Å². The number of benzene rings is 3. The van der Waals surface area contributed by atoms with Crippen LogP contribution < -0.4 is 15.5 Å². The second-order valence-corrected chi connectivity index (χ2v) is 11.9. The number of amidine groups is 1. The summed E-state index contributed by atoms with van der Waals surface area (Å²) < 4.78 is 0. The van der Waals surface area contributed by atoms with Gasteiger partial charge in [-0.25, -0.2) is 0 Å². The molecule has 0 saturated carbocycles. The highest BCUT2D eigenvalue weighted by molar-refractivity contribution is 8.14. The van der Waals surface area contributed by atoms with Crippen LogP contribution in [0.4, 0.5) is 5.69 Å². The molecule has 0 unspecified atom stereocenters. The molecule has 2 N–H and O–H groups in total. The number of anilines is 1. The highest BCUT2D eigenvalue weighted by Gasteiger charge is 2.42. The third kappa shape index (κ3) is 7.88. The van der Waals surface area contributed by atoms with Crippen LogP contribution in [-0.4, -0.2) is 50.5 Å². The Bertz CT molecular complexity index is 1880. The summed E-state index contributed by atoms with van der Waals surface area (Å²) >= 11 is 6.15. The van der Waals surface area contributed by atoms with E-state index in [0.29, 0.717) is 11.4 Å². The van der Waals surface area contributed by atoms with E-state index < -0.39 is 41.2 Å². The van der Waals surface area contributed by atoms with Crippen molar-refractivity contribution >= 4 is 69.5 Å². The lowest BCUT2D eigenvalue weighted by Crippen LogP contribution is -2.58. The SMILES string of the molecule is C=C/C=C\C(=C/C)N1C(=O)/C(=C/[C@@H]2C(=O)NC(=S)N(c3ccccc3)C2=O)C(=O)N=C1SCC(=O)NC(c1ccccc1)c1ccccc1. The molecule has 0 radical (unpaired) electrons. The number of rotatable bonds is 10. The molecule has 0 aromatic heterocycles. The maximum atomic E-state index is 14.1. The van der Waals surface area contributed by atoms with Crippen LogP contribution in [0.2, 0.25) is 0 Å². The first-order valence-electron chi connectivity index (χ1n) is 15.1. The summed E-state index contributed by atoms with van der Waals surface area (Å²) in [5, 5.41) is 5.35. The van der Waals surface area contributed by atoms with Gasteiger partial charge in [0.15, 0.2) is 10.3 Å². The van der Waals surface area contributed by atoms with Gasteiger partial charge in [-0.15, -0.1) is 0 Å². The summed E-state index contributed by atoms with van der Waals surface area (Å²) in [5.41, 5.74) is 2.01. The van der Waals surface area contributed by atoms with Gasteiger partial charge in [-0.3, -0.25) is 33.8 Å². The second kappa shape index (κ2) is 15.9. The zero-order chi connectivity index (χ0) is 34.9. The number of carbonyl (C=O) groups is 5. The summed E-state index contributed by atoms with van der Waals surface area (Å²) in [7, 11) is 0. The highest BCUT2D eigenvalue weighted by atomic mass is 32.2. The van der Waals surface area contributed by atoms with Crippen molar-refractivity contribution in [3.63, 3.8) is 0 Å². The number of amides is 5. The Kier molecular flexibility index (Phi) is 11.2. The van der Waals surface area contributed by atoms with E-state index >= 15 is 0 Å². The van der Waals surface area contributed by atoms with E-state index in [1.165, 1.54) is 11.0 Å². The predicted octanol–water partition coefficient (Wildman–Crippen LogP) is 4.99. The van der Waals surface area contributed by atoms with E-state index in [-0.39, 0.29) is 21.9 Å². The third-order valence-corrected chi connectivity index (χ3v) is 8.69. The molecule has 2 aliphatic rings. The monoisotopic (exact) mass is 689 g/mol. The zero-order valence-electron chi connectivity index (χ0n) is 26.3. The van der Waals surface area contributed by atoms with Gasteiger partial charge in [0.2, 0.25) is 17.7 Å². The van der Waals surface area contributed by atoms with Gasteiger partial charge in [-0.2, -0.15) is 4.99 Å². The molecule has 246 valence electrons. The number of hydrogen-bond donors (Lipinski definition) is 2. The molecule has 12 heteroatoms. The van der Waals surface area contributed by atoms with E-state index in [4.69, 9.17) is 12.2 Å². The van der Waals surface area contributed by atoms with Gasteiger partial charge >= 0.3 is 0 Å². The van der Waals surface area contributed by atoms with Crippen LogP contribution >= 0.6 is 24.0 Å². The van der Waals surface area contributed by atoms with Gasteiger partial charge < -0.3 is 10.6 Å². The Balaban J connectivity index is 1.43. The average molecular weight is 690 g/mol. The lowest BCUT2D eigenvalue weighted by molar-refractivity contribution is -0.131. The van der Waals surface area contributed by atoms with E-state index in [1.807, 2.05) is 60.7 Å². The minimum atomic E-state index is -1.54. The number of hydrogen-bond acceptors (Lipinski definition) is 7. The van der Waals surface area contributed by atoms with Crippen molar-refractivity contribution < 1.29 is 24.0 Å². The van der Waals surface area contributed by atoms with Gasteiger partial charge in [-0.1, -0.05) is 115 Å². The van der Waals surface area contributed by atoms with Crippen LogP contribution in [0.3, 0.4) is 0 Å². The fourth-order valence-corrected chi connectivity index (χ4v) is 6.24. The molecule has 2 aliphatic heterocycles. The maximum Gasteiger partial charge on any atom is 0.284 e. The highest BCUT2D eigenvalue weighted by Crippen LogP contribution is 2.28. The number of aliphatic imine (C=N–C) groups is 1. The van der Waals surface area contributed by atoms with Crippen molar-refractivity contribution in [3.05, 3.63) is 150 Å². The summed E-state index contributed by atoms with van der Waals surface area (Å²) in [4.78, 5) is 73.9. The fraction of sp³-hybridized carbons (Fsp3) is 0.108. The molecule has 0 bridgehead atoms. The van der Waals surface area contributed by atoms with Gasteiger partial charge in [0.1, 0.15) is 11.5 Å². The molecule has 10 nitrogen and oxygen atoms in total. The quantitative estimate of drug-likeness (QED) is 0.101. The number of carbonyl (C=O) groups excluding carboxylic acids is 5. The Morgan fingerprint density at radius 2 is 1.57 bits per heavy atom. The molecule has 49 heavy (non-hydrogen) atoms. The predicted molar refractivity (Wildman–Crippen MR) is 194 cm³/mol. The Morgan fingerprint density at radius 3 is 2.14 bits per heavy atom. The molecule has 2 heterocycles. The fourth-order valence-electron chi connectivity index (χ4n) is 5.14. The largest absolute Gasteiger partial charge is 0.344 e. The van der Waals surface area contributed by atoms with Crippen LogP contribution in [-0.2, 0) is 24.0 Å². The molecule has 0 aliphatic carbocycles. The number of nitrogens with zero attached hydrogens (tertiary/aromatic N) is 3. The normalized spacial score (nSPS) is 17.9. The second-order valence-electron chi connectivity index (χ2n) is 10.6. The maximum absolute atomic E-state index is 14.1. The van der Waals surface area contributed by atoms with E-state index in [1.54, 1.807) is 55.5 Å². The van der Waals surface area contributed by atoms with Crippen molar-refractivity contribution in [1.29, 1.82) is 0 Å². The van der Waals surface area contributed by atoms with E-state index in [2.05, 4.69) is 22.2 Å². The van der Waals surface area contributed by atoms with Crippen molar-refractivity contribution in [2.45, 2.75) is 13.0 Å². The molecule has 3 aromatic rings. The Morgan fingerprint density at radius 1 is 0.980 bits per heavy atom. The Labute approximate surface area is 293 Å². The summed E-state index contributed by atoms with van der Waals surface area (Å²) in [5.74, 6) is -5.39. The van der Waals surface area contributed by atoms with Gasteiger partial charge in [0.05, 0.1) is 17.5 Å². The molecule has 1 atom stereocenters. The summed E-state index contributed by atoms with van der Waals surface area (Å²) in [6, 6.07) is 27.0. The van der Waals surface area contributed by atoms with E-state index in [0.717, 1.165) is 33.9 Å². The number of thioether (sulfide) groups is 1. The topological polar surface area (TPSA) is 128 Å². The molecular weight excluding hydrogens is 659 g/mol. The molecule has 1 saturated heterocycles. The first-order valence-corrected chi connectivity index (χ1v) is 16.5. The van der Waals surface area contributed by atoms with Gasteiger partial charge in [0.25, 0.3) is 11.8 Å². The first-order chi connectivity index (χ1) is 23.7. The number of nitrogens with one attached hydrogen (secondary N) is 2. The van der Waals surface area contributed by atoms with Crippen molar-refractivity contribution in [3.8, 4) is 0 Å². The molecule has 5 amide bonds. The van der Waals surface area contributed by atoms with Crippen LogP contribution in [0.15, 0.2) is 144 Å². The lowest BCUT2D eigenvalue weighted by Gasteiger charge is -2.32. The Hall–Kier alpha value is -5.72. The summed E-state index contributed by atoms with van der Waals surface area (Å²) in [6.07, 6.45) is 7.33. The number of para-hydroxylation sites is 1. The minimum absolute atomic E-state index is 0.0494. The van der Waals surface area contributed by atoms with E-state index in [9.17, 15) is 24.0 Å². The smallest absolute Gasteiger partial charge is 0.284 e. The molecule has 5 rings (SSSR count). The number of allylic oxidation sites excluding steroid dienone is 4. The first kappa shape index (κ1) is 34.6. The number of thiocarbonyl (C=S) groups is 1. The molecule has 1 fully saturated rings. The summed E-state index contributed by atoms with van der Waals surface area (Å²) in [6.45, 7) is 5.36. The minimum Gasteiger partial charge on any atom is -0.344 e. The van der Waals surface area contributed by atoms with Crippen molar-refractivity contribution in [2.75, 3.05) is 10.7 Å². The van der Waals surface area contributed by atoms with Crippen LogP contribution in [0.1, 0.15) is 24.1 Å². The van der Waals surface area contributed by atoms with Gasteiger partial charge in [-0.05, 0) is 54.6 Å². The standard InChI is InChI=1S/C37H31N5O5S2/c1-3-5-19-26(4-2)42-35(47)29(22-28-32(44)39-36(48)41(34(28)46)27-20-13-8-14-21-27)33(45)40-37(42)49-23-30(43)38-31(24-15-9-6-10-16-24)25-17-11-7-12-18-25/h3-22,28,31H,1,23H2,2H3,(H,38,43)(H,39,44,48)/b19-5-,26-4+,29-22+/t28-/m1/s1. The van der Waals surface area contributed by atoms with Crippen molar-refractivity contribution in [2.24, 2.45) is 10.9 Å². The molecular formula is C37H31N5O5S2. The molecule has 3 aromatic carbocycles. The molecule has 0 spiro atoms. The third-order valence-electron chi connectivity index (χ3n) is 7.46. The van der Waals surface area contributed by atoms with Crippen LogP contribution in [0.5, 0.6) is 0 Å². The van der Waals surface area contributed by atoms with Crippen LogP contribution in [0, 0.1) is 5.92 Å². The average Bonchev–Trinajstić information content (AvgIpc) is 3.11.